The van der Waals surface area contributed by atoms with E-state index in [1.807, 2.05) is 24.3 Å². The highest BCUT2D eigenvalue weighted by Gasteiger charge is 2.45. The molecule has 0 radical (unpaired) electrons. The summed E-state index contributed by atoms with van der Waals surface area (Å²) >= 11 is 6.03. The second-order valence-corrected chi connectivity index (χ2v) is 6.60. The first kappa shape index (κ1) is 14.1. The Kier molecular flexibility index (Phi) is 4.13. The van der Waals surface area contributed by atoms with Gasteiger partial charge in [-0.15, -0.1) is 0 Å². The molecule has 1 aliphatic heterocycles. The van der Waals surface area contributed by atoms with E-state index in [0.717, 1.165) is 36.5 Å². The Bertz CT molecular complexity index is 488. The number of Topliss-reactive ketones (excluding diaryl/α,β-unsaturated/α-hetero) is 1. The van der Waals surface area contributed by atoms with Crippen molar-refractivity contribution in [3.8, 4) is 0 Å². The van der Waals surface area contributed by atoms with Crippen LogP contribution in [0.3, 0.4) is 0 Å². The molecule has 2 nitrogen and oxygen atoms in total. The molecule has 108 valence electrons. The van der Waals surface area contributed by atoms with E-state index in [1.165, 1.54) is 25.7 Å². The van der Waals surface area contributed by atoms with Crippen LogP contribution in [0.2, 0.25) is 5.02 Å². The van der Waals surface area contributed by atoms with E-state index in [0.29, 0.717) is 12.2 Å². The Morgan fingerprint density at radius 3 is 2.50 bits per heavy atom. The molecule has 0 atom stereocenters. The molecule has 0 spiro atoms. The minimum Gasteiger partial charge on any atom is -0.297 e. The molecule has 0 unspecified atom stereocenters. The van der Waals surface area contributed by atoms with E-state index in [9.17, 15) is 4.79 Å². The highest BCUT2D eigenvalue weighted by Crippen LogP contribution is 2.39. The van der Waals surface area contributed by atoms with Gasteiger partial charge in [0, 0.05) is 11.4 Å². The molecule has 20 heavy (non-hydrogen) atoms. The van der Waals surface area contributed by atoms with Gasteiger partial charge in [-0.1, -0.05) is 36.6 Å². The van der Waals surface area contributed by atoms with Gasteiger partial charge < -0.3 is 0 Å². The van der Waals surface area contributed by atoms with Gasteiger partial charge >= 0.3 is 0 Å². The Morgan fingerprint density at radius 1 is 1.15 bits per heavy atom. The van der Waals surface area contributed by atoms with Crippen LogP contribution < -0.4 is 0 Å². The van der Waals surface area contributed by atoms with E-state index in [1.54, 1.807) is 0 Å². The predicted molar refractivity (Wildman–Crippen MR) is 82.2 cm³/mol. The number of ketones is 1. The van der Waals surface area contributed by atoms with Crippen molar-refractivity contribution in [2.24, 2.45) is 0 Å². The molecule has 0 amide bonds. The molecule has 1 saturated carbocycles. The number of benzene rings is 1. The molecule has 1 aromatic rings. The largest absolute Gasteiger partial charge is 0.297 e. The molecule has 3 rings (SSSR count). The lowest BCUT2D eigenvalue weighted by molar-refractivity contribution is -0.129. The minimum atomic E-state index is -0.168. The summed E-state index contributed by atoms with van der Waals surface area (Å²) in [6, 6.07) is 7.73. The molecule has 1 heterocycles. The lowest BCUT2D eigenvalue weighted by Crippen LogP contribution is -2.52. The number of halogens is 1. The van der Waals surface area contributed by atoms with Crippen LogP contribution in [0.25, 0.3) is 0 Å². The van der Waals surface area contributed by atoms with Crippen LogP contribution in [0.4, 0.5) is 0 Å². The third-order valence-corrected chi connectivity index (χ3v) is 5.15. The standard InChI is InChI=1S/C17H22ClNO/c18-15-7-5-6-14(12-15)13-16(20)17(8-1-2-9-17)19-10-3-4-11-19/h5-7,12H,1-4,8-11,13H2. The zero-order valence-electron chi connectivity index (χ0n) is 11.9. The van der Waals surface area contributed by atoms with Crippen LogP contribution in [0.15, 0.2) is 24.3 Å². The van der Waals surface area contributed by atoms with Crippen molar-refractivity contribution < 1.29 is 4.79 Å². The first-order valence-corrected chi connectivity index (χ1v) is 8.11. The molecule has 0 bridgehead atoms. The summed E-state index contributed by atoms with van der Waals surface area (Å²) in [4.78, 5) is 15.4. The van der Waals surface area contributed by atoms with Crippen LogP contribution in [0.5, 0.6) is 0 Å². The van der Waals surface area contributed by atoms with E-state index in [4.69, 9.17) is 11.6 Å². The minimum absolute atomic E-state index is 0.168. The average molecular weight is 292 g/mol. The van der Waals surface area contributed by atoms with Gasteiger partial charge in [0.15, 0.2) is 5.78 Å². The summed E-state index contributed by atoms with van der Waals surface area (Å²) in [6.45, 7) is 2.20. The maximum Gasteiger partial charge on any atom is 0.157 e. The number of likely N-dealkylation sites (tertiary alicyclic amines) is 1. The van der Waals surface area contributed by atoms with Crippen molar-refractivity contribution in [1.82, 2.24) is 4.90 Å². The van der Waals surface area contributed by atoms with Crippen LogP contribution in [0.1, 0.15) is 44.1 Å². The number of rotatable bonds is 4. The van der Waals surface area contributed by atoms with Gasteiger partial charge in [0.2, 0.25) is 0 Å². The normalized spacial score (nSPS) is 22.2. The van der Waals surface area contributed by atoms with E-state index >= 15 is 0 Å². The Balaban J connectivity index is 1.79. The topological polar surface area (TPSA) is 20.3 Å². The maximum absolute atomic E-state index is 13.0. The van der Waals surface area contributed by atoms with Crippen LogP contribution in [-0.2, 0) is 11.2 Å². The zero-order valence-corrected chi connectivity index (χ0v) is 12.7. The second kappa shape index (κ2) is 5.87. The first-order valence-electron chi connectivity index (χ1n) is 7.73. The molecule has 1 aliphatic carbocycles. The molecule has 1 saturated heterocycles. The molecule has 0 N–H and O–H groups in total. The third-order valence-electron chi connectivity index (χ3n) is 4.91. The van der Waals surface area contributed by atoms with Crippen molar-refractivity contribution in [2.75, 3.05) is 13.1 Å². The lowest BCUT2D eigenvalue weighted by atomic mass is 9.86. The quantitative estimate of drug-likeness (QED) is 0.839. The number of nitrogens with zero attached hydrogens (tertiary/aromatic N) is 1. The average Bonchev–Trinajstić information content (AvgIpc) is 3.11. The van der Waals surface area contributed by atoms with Gasteiger partial charge in [-0.2, -0.15) is 0 Å². The Morgan fingerprint density at radius 2 is 1.85 bits per heavy atom. The van der Waals surface area contributed by atoms with Crippen LogP contribution >= 0.6 is 11.6 Å². The van der Waals surface area contributed by atoms with Gasteiger partial charge in [0.05, 0.1) is 5.54 Å². The maximum atomic E-state index is 13.0. The smallest absolute Gasteiger partial charge is 0.157 e. The summed E-state index contributed by atoms with van der Waals surface area (Å²) in [7, 11) is 0. The van der Waals surface area contributed by atoms with E-state index < -0.39 is 0 Å². The molecule has 1 aromatic carbocycles. The van der Waals surface area contributed by atoms with E-state index in [-0.39, 0.29) is 5.54 Å². The monoisotopic (exact) mass is 291 g/mol. The first-order chi connectivity index (χ1) is 9.71. The highest BCUT2D eigenvalue weighted by molar-refractivity contribution is 6.30. The van der Waals surface area contributed by atoms with Gasteiger partial charge in [-0.3, -0.25) is 9.69 Å². The Hall–Kier alpha value is -0.860. The second-order valence-electron chi connectivity index (χ2n) is 6.16. The van der Waals surface area contributed by atoms with Gasteiger partial charge in [-0.05, 0) is 56.5 Å². The van der Waals surface area contributed by atoms with Gasteiger partial charge in [0.1, 0.15) is 0 Å². The fraction of sp³-hybridized carbons (Fsp3) is 0.588. The molecule has 2 fully saturated rings. The highest BCUT2D eigenvalue weighted by atomic mass is 35.5. The molecule has 0 aromatic heterocycles. The number of carbonyl (C=O) groups is 1. The predicted octanol–water partition coefficient (Wildman–Crippen LogP) is 3.86. The molecule has 3 heteroatoms. The Labute approximate surface area is 126 Å². The summed E-state index contributed by atoms with van der Waals surface area (Å²) < 4.78 is 0. The SMILES string of the molecule is O=C(Cc1cccc(Cl)c1)C1(N2CCCC2)CCCC1. The lowest BCUT2D eigenvalue weighted by Gasteiger charge is -2.37. The van der Waals surface area contributed by atoms with Gasteiger partial charge in [-0.25, -0.2) is 0 Å². The number of hydrogen-bond donors (Lipinski definition) is 0. The summed E-state index contributed by atoms with van der Waals surface area (Å²) in [5.74, 6) is 0.402. The molecule has 2 aliphatic rings. The van der Waals surface area contributed by atoms with Crippen molar-refractivity contribution in [1.29, 1.82) is 0 Å². The van der Waals surface area contributed by atoms with Crippen LogP contribution in [0, 0.1) is 0 Å². The summed E-state index contributed by atoms with van der Waals surface area (Å²) in [6.07, 6.45) is 7.49. The van der Waals surface area contributed by atoms with Crippen molar-refractivity contribution in [2.45, 2.75) is 50.5 Å². The van der Waals surface area contributed by atoms with Crippen molar-refractivity contribution in [3.63, 3.8) is 0 Å². The summed E-state index contributed by atoms with van der Waals surface area (Å²) in [5.41, 5.74) is 0.881. The van der Waals surface area contributed by atoms with E-state index in [2.05, 4.69) is 4.90 Å². The van der Waals surface area contributed by atoms with Crippen LogP contribution in [-0.4, -0.2) is 29.3 Å². The zero-order chi connectivity index (χ0) is 14.0. The van der Waals surface area contributed by atoms with Crippen molar-refractivity contribution in [3.05, 3.63) is 34.9 Å². The summed E-state index contributed by atoms with van der Waals surface area (Å²) in [5, 5.41) is 0.719. The number of carbonyl (C=O) groups excluding carboxylic acids is 1. The fourth-order valence-corrected chi connectivity index (χ4v) is 4.09. The third kappa shape index (κ3) is 2.64. The number of hydrogen-bond acceptors (Lipinski definition) is 2. The fourth-order valence-electron chi connectivity index (χ4n) is 3.87. The van der Waals surface area contributed by atoms with Crippen molar-refractivity contribution >= 4 is 17.4 Å². The van der Waals surface area contributed by atoms with Gasteiger partial charge in [0.25, 0.3) is 0 Å². The molecular formula is C17H22ClNO. The molecular weight excluding hydrogens is 270 g/mol.